The normalized spacial score (nSPS) is 9.85. The number of rotatable bonds is 1. The van der Waals surface area contributed by atoms with Crippen LogP contribution in [0.5, 0.6) is 0 Å². The van der Waals surface area contributed by atoms with E-state index in [-0.39, 0.29) is 5.91 Å². The Morgan fingerprint density at radius 1 is 1.38 bits per heavy atom. The van der Waals surface area contributed by atoms with Crippen molar-refractivity contribution in [3.05, 3.63) is 28.3 Å². The molecule has 3 heteroatoms. The fourth-order valence-corrected chi connectivity index (χ4v) is 1.33. The van der Waals surface area contributed by atoms with Gasteiger partial charge in [0.1, 0.15) is 0 Å². The summed E-state index contributed by atoms with van der Waals surface area (Å²) in [5.74, 6) is -0.106. The molecule has 0 fully saturated rings. The summed E-state index contributed by atoms with van der Waals surface area (Å²) >= 11 is 6.03. The minimum absolute atomic E-state index is 0.106. The van der Waals surface area contributed by atoms with Crippen molar-refractivity contribution in [2.24, 2.45) is 0 Å². The molecule has 0 radical (unpaired) electrons. The van der Waals surface area contributed by atoms with E-state index in [2.05, 4.69) is 5.32 Å². The van der Waals surface area contributed by atoms with Crippen LogP contribution >= 0.6 is 11.6 Å². The number of anilines is 1. The molecule has 0 aliphatic carbocycles. The van der Waals surface area contributed by atoms with E-state index >= 15 is 0 Å². The first-order chi connectivity index (χ1) is 6.02. The van der Waals surface area contributed by atoms with Crippen molar-refractivity contribution in [1.82, 2.24) is 0 Å². The van der Waals surface area contributed by atoms with Crippen LogP contribution in [0.4, 0.5) is 5.69 Å². The smallest absolute Gasteiger partial charge is 0.221 e. The first kappa shape index (κ1) is 10.1. The average molecular weight is 198 g/mol. The van der Waals surface area contributed by atoms with Gasteiger partial charge >= 0.3 is 0 Å². The Bertz CT molecular complexity index is 347. The standard InChI is InChI=1S/C10H12ClNO/c1-6-4-5-9(12-8(3)13)10(11)7(6)2/h4-5H,1-3H3,(H,12,13). The van der Waals surface area contributed by atoms with Crippen molar-refractivity contribution in [2.45, 2.75) is 20.8 Å². The first-order valence-electron chi connectivity index (χ1n) is 4.05. The van der Waals surface area contributed by atoms with Gasteiger partial charge in [-0.25, -0.2) is 0 Å². The zero-order chi connectivity index (χ0) is 10.0. The number of halogens is 1. The highest BCUT2D eigenvalue weighted by Gasteiger charge is 2.05. The zero-order valence-electron chi connectivity index (χ0n) is 7.94. The van der Waals surface area contributed by atoms with Crippen molar-refractivity contribution in [1.29, 1.82) is 0 Å². The van der Waals surface area contributed by atoms with Gasteiger partial charge in [-0.3, -0.25) is 4.79 Å². The number of aryl methyl sites for hydroxylation is 1. The van der Waals surface area contributed by atoms with E-state index in [9.17, 15) is 4.79 Å². The van der Waals surface area contributed by atoms with E-state index in [4.69, 9.17) is 11.6 Å². The van der Waals surface area contributed by atoms with Gasteiger partial charge in [0, 0.05) is 6.92 Å². The van der Waals surface area contributed by atoms with Gasteiger partial charge in [0.2, 0.25) is 5.91 Å². The molecule has 0 aromatic heterocycles. The molecule has 13 heavy (non-hydrogen) atoms. The van der Waals surface area contributed by atoms with Crippen LogP contribution in [0.15, 0.2) is 12.1 Å². The number of nitrogens with one attached hydrogen (secondary N) is 1. The van der Waals surface area contributed by atoms with E-state index in [1.807, 2.05) is 26.0 Å². The predicted octanol–water partition coefficient (Wildman–Crippen LogP) is 2.92. The van der Waals surface area contributed by atoms with E-state index in [0.717, 1.165) is 11.1 Å². The molecule has 0 aliphatic rings. The highest BCUT2D eigenvalue weighted by Crippen LogP contribution is 2.27. The molecule has 0 atom stereocenters. The highest BCUT2D eigenvalue weighted by molar-refractivity contribution is 6.34. The Balaban J connectivity index is 3.10. The lowest BCUT2D eigenvalue weighted by atomic mass is 10.1. The summed E-state index contributed by atoms with van der Waals surface area (Å²) in [7, 11) is 0. The molecule has 1 aromatic rings. The lowest BCUT2D eigenvalue weighted by Gasteiger charge is -2.09. The molecule has 0 heterocycles. The van der Waals surface area contributed by atoms with Crippen LogP contribution in [-0.4, -0.2) is 5.91 Å². The predicted molar refractivity (Wildman–Crippen MR) is 55.2 cm³/mol. The van der Waals surface area contributed by atoms with E-state index in [1.165, 1.54) is 6.92 Å². The van der Waals surface area contributed by atoms with Crippen LogP contribution in [0.2, 0.25) is 5.02 Å². The molecule has 1 rings (SSSR count). The van der Waals surface area contributed by atoms with Crippen LogP contribution in [0.25, 0.3) is 0 Å². The number of carbonyl (C=O) groups excluding carboxylic acids is 1. The second kappa shape index (κ2) is 3.79. The number of benzene rings is 1. The van der Waals surface area contributed by atoms with Gasteiger partial charge in [-0.2, -0.15) is 0 Å². The molecule has 0 saturated heterocycles. The molecule has 1 aromatic carbocycles. The summed E-state index contributed by atoms with van der Waals surface area (Å²) in [5.41, 5.74) is 2.81. The second-order valence-corrected chi connectivity index (χ2v) is 3.43. The Morgan fingerprint density at radius 2 is 2.00 bits per heavy atom. The summed E-state index contributed by atoms with van der Waals surface area (Å²) in [6.07, 6.45) is 0. The Morgan fingerprint density at radius 3 is 2.54 bits per heavy atom. The number of hydrogen-bond acceptors (Lipinski definition) is 1. The summed E-state index contributed by atoms with van der Waals surface area (Å²) in [4.78, 5) is 10.8. The molecule has 0 saturated carbocycles. The van der Waals surface area contributed by atoms with Crippen LogP contribution in [0.3, 0.4) is 0 Å². The largest absolute Gasteiger partial charge is 0.325 e. The average Bonchev–Trinajstić information content (AvgIpc) is 2.06. The van der Waals surface area contributed by atoms with Crippen LogP contribution < -0.4 is 5.32 Å². The van der Waals surface area contributed by atoms with Gasteiger partial charge in [0.05, 0.1) is 10.7 Å². The van der Waals surface area contributed by atoms with Gasteiger partial charge in [0.25, 0.3) is 0 Å². The third-order valence-electron chi connectivity index (χ3n) is 1.97. The van der Waals surface area contributed by atoms with Crippen LogP contribution in [-0.2, 0) is 4.79 Å². The molecule has 2 nitrogen and oxygen atoms in total. The molecule has 70 valence electrons. The third-order valence-corrected chi connectivity index (χ3v) is 2.45. The maximum atomic E-state index is 10.8. The zero-order valence-corrected chi connectivity index (χ0v) is 8.70. The summed E-state index contributed by atoms with van der Waals surface area (Å²) in [6, 6.07) is 3.75. The lowest BCUT2D eigenvalue weighted by Crippen LogP contribution is -2.06. The molecular weight excluding hydrogens is 186 g/mol. The number of carbonyl (C=O) groups is 1. The number of hydrogen-bond donors (Lipinski definition) is 1. The second-order valence-electron chi connectivity index (χ2n) is 3.05. The molecular formula is C10H12ClNO. The first-order valence-corrected chi connectivity index (χ1v) is 4.43. The molecule has 0 unspecified atom stereocenters. The summed E-state index contributed by atoms with van der Waals surface area (Å²) < 4.78 is 0. The molecule has 1 amide bonds. The van der Waals surface area contributed by atoms with Gasteiger partial charge in [0.15, 0.2) is 0 Å². The SMILES string of the molecule is CC(=O)Nc1ccc(C)c(C)c1Cl. The van der Waals surface area contributed by atoms with Crippen molar-refractivity contribution < 1.29 is 4.79 Å². The van der Waals surface area contributed by atoms with E-state index in [1.54, 1.807) is 0 Å². The topological polar surface area (TPSA) is 29.1 Å². The van der Waals surface area contributed by atoms with Gasteiger partial charge < -0.3 is 5.32 Å². The van der Waals surface area contributed by atoms with Gasteiger partial charge in [-0.15, -0.1) is 0 Å². The molecule has 0 aliphatic heterocycles. The van der Waals surface area contributed by atoms with Gasteiger partial charge in [-0.1, -0.05) is 17.7 Å². The Hall–Kier alpha value is -1.02. The van der Waals surface area contributed by atoms with E-state index in [0.29, 0.717) is 10.7 Å². The van der Waals surface area contributed by atoms with E-state index < -0.39 is 0 Å². The van der Waals surface area contributed by atoms with Crippen molar-refractivity contribution in [3.63, 3.8) is 0 Å². The fraction of sp³-hybridized carbons (Fsp3) is 0.300. The minimum atomic E-state index is -0.106. The van der Waals surface area contributed by atoms with Crippen molar-refractivity contribution in [2.75, 3.05) is 5.32 Å². The maximum absolute atomic E-state index is 10.8. The fourth-order valence-electron chi connectivity index (χ4n) is 1.07. The minimum Gasteiger partial charge on any atom is -0.325 e. The highest BCUT2D eigenvalue weighted by atomic mass is 35.5. The quantitative estimate of drug-likeness (QED) is 0.737. The monoisotopic (exact) mass is 197 g/mol. The number of amides is 1. The molecule has 0 spiro atoms. The van der Waals surface area contributed by atoms with Crippen molar-refractivity contribution >= 4 is 23.2 Å². The molecule has 0 bridgehead atoms. The third kappa shape index (κ3) is 2.22. The van der Waals surface area contributed by atoms with Gasteiger partial charge in [-0.05, 0) is 31.0 Å². The molecule has 1 N–H and O–H groups in total. The van der Waals surface area contributed by atoms with Crippen LogP contribution in [0.1, 0.15) is 18.1 Å². The Kier molecular flexibility index (Phi) is 2.94. The summed E-state index contributed by atoms with van der Waals surface area (Å²) in [5, 5.41) is 3.29. The maximum Gasteiger partial charge on any atom is 0.221 e. The Labute approximate surface area is 82.9 Å². The lowest BCUT2D eigenvalue weighted by molar-refractivity contribution is -0.114. The summed E-state index contributed by atoms with van der Waals surface area (Å²) in [6.45, 7) is 5.38. The van der Waals surface area contributed by atoms with Crippen LogP contribution in [0, 0.1) is 13.8 Å². The van der Waals surface area contributed by atoms with Crippen molar-refractivity contribution in [3.8, 4) is 0 Å².